The molecule has 2 fully saturated rings. The number of carbonyl (C=O) groups is 2. The molecule has 2 saturated carbocycles. The normalized spacial score (nSPS) is 24.9. The fraction of sp³-hybridized carbons (Fsp3) is 0.522. The molecule has 2 spiro atoms. The van der Waals surface area contributed by atoms with Crippen molar-refractivity contribution in [1.29, 1.82) is 0 Å². The van der Waals surface area contributed by atoms with Gasteiger partial charge in [-0.25, -0.2) is 0 Å². The number of carbonyl (C=O) groups excluding carboxylic acids is 1. The third kappa shape index (κ3) is 13.3. The van der Waals surface area contributed by atoms with Crippen LogP contribution in [0.2, 0.25) is 0 Å². The molecule has 4 aliphatic rings. The van der Waals surface area contributed by atoms with Gasteiger partial charge < -0.3 is 34.7 Å². The molecular formula is C46H55NaO8. The van der Waals surface area contributed by atoms with Crippen molar-refractivity contribution in [2.75, 3.05) is 13.2 Å². The molecule has 2 aromatic rings. The Morgan fingerprint density at radius 1 is 0.727 bits per heavy atom. The molecule has 4 aliphatic carbocycles. The van der Waals surface area contributed by atoms with Gasteiger partial charge in [0, 0.05) is 12.4 Å². The first-order chi connectivity index (χ1) is 26.0. The standard InChI is InChI=1S/2C23H28O4.Na/c2*1-2-4-19(13-22(25)26)18-6-8-21(9-7-18)27-16-17-5-3-11-23(14-17)12-10-20(24)15-23;/h2*6-9,14,19-20,24H,3,5,10-13,15-16H2,1H3,(H,25,26);/q;;+1/p-1/t2*19-,20+,23+;/m00./s1. The van der Waals surface area contributed by atoms with E-state index < -0.39 is 11.9 Å². The summed E-state index contributed by atoms with van der Waals surface area (Å²) >= 11 is 0. The molecule has 3 N–H and O–H groups in total. The molecular weight excluding hydrogens is 703 g/mol. The average molecular weight is 759 g/mol. The van der Waals surface area contributed by atoms with Crippen LogP contribution < -0.4 is 44.1 Å². The van der Waals surface area contributed by atoms with Gasteiger partial charge in [0.1, 0.15) is 24.7 Å². The van der Waals surface area contributed by atoms with E-state index in [1.807, 2.05) is 48.5 Å². The number of allylic oxidation sites excluding steroid dienone is 2. The van der Waals surface area contributed by atoms with Crippen LogP contribution in [0.4, 0.5) is 0 Å². The maximum Gasteiger partial charge on any atom is 1.00 e. The van der Waals surface area contributed by atoms with Crippen molar-refractivity contribution >= 4 is 11.9 Å². The van der Waals surface area contributed by atoms with Gasteiger partial charge in [0.25, 0.3) is 0 Å². The Hall–Kier alpha value is -3.50. The Kier molecular flexibility index (Phi) is 17.0. The zero-order valence-corrected chi connectivity index (χ0v) is 34.8. The number of aliphatic hydroxyl groups excluding tert-OH is 2. The summed E-state index contributed by atoms with van der Waals surface area (Å²) in [5.41, 5.74) is 4.75. The first-order valence-electron chi connectivity index (χ1n) is 19.5. The first kappa shape index (κ1) is 44.2. The van der Waals surface area contributed by atoms with Crippen molar-refractivity contribution < 1.29 is 69.0 Å². The molecule has 0 aromatic heterocycles. The van der Waals surface area contributed by atoms with Crippen LogP contribution in [-0.4, -0.2) is 52.7 Å². The summed E-state index contributed by atoms with van der Waals surface area (Å²) in [4.78, 5) is 21.9. The van der Waals surface area contributed by atoms with E-state index in [0.29, 0.717) is 13.2 Å². The van der Waals surface area contributed by atoms with Gasteiger partial charge in [0.05, 0.1) is 30.5 Å². The second-order valence-electron chi connectivity index (χ2n) is 15.6. The average Bonchev–Trinajstić information content (AvgIpc) is 3.69. The predicted octanol–water partition coefficient (Wildman–Crippen LogP) is 4.25. The number of carboxylic acids is 2. The number of aliphatic hydroxyl groups is 2. The molecule has 6 atom stereocenters. The Morgan fingerprint density at radius 3 is 1.49 bits per heavy atom. The van der Waals surface area contributed by atoms with E-state index in [1.165, 1.54) is 24.0 Å². The Balaban J connectivity index is 0.000000240. The van der Waals surface area contributed by atoms with Crippen LogP contribution in [-0.2, 0) is 9.59 Å². The van der Waals surface area contributed by atoms with Crippen LogP contribution >= 0.6 is 0 Å². The zero-order chi connectivity index (χ0) is 38.6. The third-order valence-electron chi connectivity index (χ3n) is 11.4. The summed E-state index contributed by atoms with van der Waals surface area (Å²) in [6.07, 6.45) is 16.8. The molecule has 0 saturated heterocycles. The van der Waals surface area contributed by atoms with Gasteiger partial charge in [0.15, 0.2) is 0 Å². The van der Waals surface area contributed by atoms with E-state index in [-0.39, 0.29) is 77.3 Å². The summed E-state index contributed by atoms with van der Waals surface area (Å²) < 4.78 is 11.9. The second kappa shape index (κ2) is 21.1. The van der Waals surface area contributed by atoms with E-state index in [1.54, 1.807) is 13.8 Å². The van der Waals surface area contributed by atoms with Crippen molar-refractivity contribution in [3.63, 3.8) is 0 Å². The molecule has 9 heteroatoms. The number of hydrogen-bond donors (Lipinski definition) is 3. The molecule has 0 bridgehead atoms. The topological polar surface area (TPSA) is 136 Å². The smallest absolute Gasteiger partial charge is 0.550 e. The summed E-state index contributed by atoms with van der Waals surface area (Å²) in [5, 5.41) is 39.7. The maximum absolute atomic E-state index is 11.0. The van der Waals surface area contributed by atoms with Gasteiger partial charge in [-0.1, -0.05) is 48.3 Å². The molecule has 0 unspecified atom stereocenters. The van der Waals surface area contributed by atoms with Crippen molar-refractivity contribution in [3.8, 4) is 35.2 Å². The maximum atomic E-state index is 11.0. The van der Waals surface area contributed by atoms with Gasteiger partial charge in [-0.3, -0.25) is 4.79 Å². The van der Waals surface area contributed by atoms with E-state index in [2.05, 4.69) is 35.8 Å². The monoisotopic (exact) mass is 758 g/mol. The molecule has 8 nitrogen and oxygen atoms in total. The van der Waals surface area contributed by atoms with Crippen molar-refractivity contribution in [1.82, 2.24) is 0 Å². The number of carboxylic acid groups (broad SMARTS) is 2. The summed E-state index contributed by atoms with van der Waals surface area (Å²) in [7, 11) is 0. The largest absolute Gasteiger partial charge is 1.00 e. The van der Waals surface area contributed by atoms with Gasteiger partial charge in [-0.15, -0.1) is 11.8 Å². The fourth-order valence-electron chi connectivity index (χ4n) is 8.83. The number of hydrogen-bond acceptors (Lipinski definition) is 7. The SMILES string of the molecule is CC#C[C@@H](CC(=O)O)c1ccc(OCC2=C[C@@]3(CCC2)CC[C@@H](O)C3)cc1.CC#C[C@@H](CC(=O)[O-])c1ccc(OCC2=C[C@@]3(CCC2)CC[C@@H](O)C3)cc1.[Na+]. The third-order valence-corrected chi connectivity index (χ3v) is 11.4. The molecule has 0 heterocycles. The fourth-order valence-corrected chi connectivity index (χ4v) is 8.83. The zero-order valence-electron chi connectivity index (χ0n) is 32.8. The minimum atomic E-state index is -1.10. The van der Waals surface area contributed by atoms with E-state index in [0.717, 1.165) is 86.8 Å². The van der Waals surface area contributed by atoms with Crippen LogP contribution in [0.25, 0.3) is 0 Å². The van der Waals surface area contributed by atoms with Gasteiger partial charge in [-0.05, 0) is 148 Å². The van der Waals surface area contributed by atoms with Crippen LogP contribution in [0.5, 0.6) is 11.5 Å². The predicted molar refractivity (Wildman–Crippen MR) is 207 cm³/mol. The van der Waals surface area contributed by atoms with E-state index >= 15 is 0 Å². The second-order valence-corrected chi connectivity index (χ2v) is 15.6. The van der Waals surface area contributed by atoms with Gasteiger partial charge >= 0.3 is 35.5 Å². The molecule has 0 amide bonds. The van der Waals surface area contributed by atoms with Crippen molar-refractivity contribution in [3.05, 3.63) is 83.0 Å². The van der Waals surface area contributed by atoms with Crippen LogP contribution in [0, 0.1) is 34.5 Å². The molecule has 55 heavy (non-hydrogen) atoms. The quantitative estimate of drug-likeness (QED) is 0.166. The Labute approximate surface area is 349 Å². The molecule has 0 aliphatic heterocycles. The first-order valence-corrected chi connectivity index (χ1v) is 19.5. The van der Waals surface area contributed by atoms with E-state index in [4.69, 9.17) is 14.6 Å². The summed E-state index contributed by atoms with van der Waals surface area (Å²) in [6, 6.07) is 15.1. The van der Waals surface area contributed by atoms with Crippen LogP contribution in [0.1, 0.15) is 127 Å². The van der Waals surface area contributed by atoms with Crippen molar-refractivity contribution in [2.45, 2.75) is 128 Å². The minimum Gasteiger partial charge on any atom is -0.550 e. The van der Waals surface area contributed by atoms with Crippen LogP contribution in [0.15, 0.2) is 71.8 Å². The van der Waals surface area contributed by atoms with Crippen LogP contribution in [0.3, 0.4) is 0 Å². The minimum absolute atomic E-state index is 0. The number of ether oxygens (including phenoxy) is 2. The number of rotatable bonds is 12. The molecule has 0 radical (unpaired) electrons. The van der Waals surface area contributed by atoms with Gasteiger partial charge in [-0.2, -0.15) is 0 Å². The molecule has 2 aromatic carbocycles. The Morgan fingerprint density at radius 2 is 1.15 bits per heavy atom. The van der Waals surface area contributed by atoms with Gasteiger partial charge in [0.2, 0.25) is 0 Å². The molecule has 6 rings (SSSR count). The van der Waals surface area contributed by atoms with Crippen molar-refractivity contribution in [2.24, 2.45) is 10.8 Å². The number of aliphatic carboxylic acids is 2. The van der Waals surface area contributed by atoms with E-state index in [9.17, 15) is 24.9 Å². The summed E-state index contributed by atoms with van der Waals surface area (Å²) in [6.45, 7) is 4.56. The Bertz CT molecular complexity index is 1640. The number of benzene rings is 2. The summed E-state index contributed by atoms with van der Waals surface area (Å²) in [5.74, 6) is 10.4. The molecule has 288 valence electrons.